The Morgan fingerprint density at radius 1 is 1.19 bits per heavy atom. The van der Waals surface area contributed by atoms with Crippen molar-refractivity contribution in [1.82, 2.24) is 15.3 Å². The fourth-order valence-corrected chi connectivity index (χ4v) is 5.26. The molecule has 3 N–H and O–H groups in total. The highest BCUT2D eigenvalue weighted by atomic mass is 35.5. The van der Waals surface area contributed by atoms with Crippen molar-refractivity contribution < 1.29 is 9.47 Å². The summed E-state index contributed by atoms with van der Waals surface area (Å²) in [5.74, 6) is 1.54. The molecule has 0 radical (unpaired) electrons. The standard InChI is InChI=1S/C27H37ClN6O2/c1-19(16-35-2)32-20-6-8-21(9-7-20)33-26-14-22(23(28)15-30-26)24-4-3-5-25(34-24)31-18-27(17-29)10-12-36-13-11-27/h3-5,14-15,19-21,32H,6-13,16,18H2,1-2H3,(H,30,33)(H,31,34)/t19-,20?,21?/m0/s1. The number of aromatic nitrogens is 2. The molecule has 2 fully saturated rings. The Balaban J connectivity index is 1.37. The Morgan fingerprint density at radius 2 is 1.94 bits per heavy atom. The lowest BCUT2D eigenvalue weighted by Crippen LogP contribution is -2.42. The van der Waals surface area contributed by atoms with Crippen LogP contribution < -0.4 is 16.0 Å². The minimum atomic E-state index is -0.419. The van der Waals surface area contributed by atoms with Crippen LogP contribution in [0.3, 0.4) is 0 Å². The Labute approximate surface area is 219 Å². The van der Waals surface area contributed by atoms with E-state index in [1.807, 2.05) is 24.3 Å². The van der Waals surface area contributed by atoms with E-state index in [0.717, 1.165) is 68.0 Å². The number of hydrogen-bond donors (Lipinski definition) is 3. The Kier molecular flexibility index (Phi) is 9.38. The Morgan fingerprint density at radius 3 is 2.67 bits per heavy atom. The van der Waals surface area contributed by atoms with Crippen LogP contribution in [-0.2, 0) is 9.47 Å². The van der Waals surface area contributed by atoms with Gasteiger partial charge in [-0.1, -0.05) is 17.7 Å². The predicted octanol–water partition coefficient (Wildman–Crippen LogP) is 4.88. The molecule has 0 aromatic carbocycles. The molecule has 0 spiro atoms. The highest BCUT2D eigenvalue weighted by Gasteiger charge is 2.32. The average Bonchev–Trinajstić information content (AvgIpc) is 2.90. The zero-order chi connectivity index (χ0) is 25.4. The van der Waals surface area contributed by atoms with Crippen molar-refractivity contribution in [1.29, 1.82) is 5.26 Å². The van der Waals surface area contributed by atoms with E-state index < -0.39 is 5.41 Å². The second-order valence-electron chi connectivity index (χ2n) is 10.0. The third-order valence-corrected chi connectivity index (χ3v) is 7.49. The second-order valence-corrected chi connectivity index (χ2v) is 10.4. The zero-order valence-corrected chi connectivity index (χ0v) is 22.0. The third kappa shape index (κ3) is 7.07. The van der Waals surface area contributed by atoms with E-state index in [4.69, 9.17) is 26.1 Å². The van der Waals surface area contributed by atoms with Gasteiger partial charge >= 0.3 is 0 Å². The number of methoxy groups -OCH3 is 1. The van der Waals surface area contributed by atoms with Gasteiger partial charge in [-0.15, -0.1) is 0 Å². The van der Waals surface area contributed by atoms with Crippen molar-refractivity contribution in [2.24, 2.45) is 5.41 Å². The number of nitrogens with one attached hydrogen (secondary N) is 3. The molecule has 0 unspecified atom stereocenters. The van der Waals surface area contributed by atoms with Crippen LogP contribution in [0.5, 0.6) is 0 Å². The number of rotatable bonds is 10. The lowest BCUT2D eigenvalue weighted by atomic mass is 9.82. The molecular weight excluding hydrogens is 476 g/mol. The first kappa shape index (κ1) is 26.6. The maximum absolute atomic E-state index is 9.72. The van der Waals surface area contributed by atoms with E-state index in [2.05, 4.69) is 33.9 Å². The summed E-state index contributed by atoms with van der Waals surface area (Å²) in [4.78, 5) is 9.31. The molecule has 194 valence electrons. The SMILES string of the molecule is COC[C@H](C)NC1CCC(Nc2cc(-c3cccc(NCC4(C#N)CCOCC4)n3)c(Cl)cn2)CC1. The molecular formula is C27H37ClN6O2. The summed E-state index contributed by atoms with van der Waals surface area (Å²) in [5.41, 5.74) is 1.19. The van der Waals surface area contributed by atoms with Gasteiger partial charge in [0.05, 0.1) is 28.8 Å². The van der Waals surface area contributed by atoms with Crippen LogP contribution in [0.15, 0.2) is 30.5 Å². The number of pyridine rings is 2. The number of hydrogen-bond acceptors (Lipinski definition) is 8. The van der Waals surface area contributed by atoms with Gasteiger partial charge in [0.2, 0.25) is 0 Å². The van der Waals surface area contributed by atoms with E-state index in [1.165, 1.54) is 0 Å². The molecule has 2 aliphatic rings. The van der Waals surface area contributed by atoms with Crippen LogP contribution in [0.4, 0.5) is 11.6 Å². The molecule has 9 heteroatoms. The molecule has 4 rings (SSSR count). The van der Waals surface area contributed by atoms with E-state index >= 15 is 0 Å². The minimum absolute atomic E-state index is 0.366. The topological polar surface area (TPSA) is 104 Å². The molecule has 1 aliphatic heterocycles. The molecule has 8 nitrogen and oxygen atoms in total. The summed E-state index contributed by atoms with van der Waals surface area (Å²) in [6.07, 6.45) is 7.56. The average molecular weight is 513 g/mol. The van der Waals surface area contributed by atoms with Crippen LogP contribution in [-0.4, -0.2) is 61.6 Å². The van der Waals surface area contributed by atoms with Gasteiger partial charge in [0.25, 0.3) is 0 Å². The quantitative estimate of drug-likeness (QED) is 0.414. The molecule has 1 saturated carbocycles. The molecule has 2 aromatic rings. The molecule has 36 heavy (non-hydrogen) atoms. The summed E-state index contributed by atoms with van der Waals surface area (Å²) in [6, 6.07) is 11.6. The summed E-state index contributed by atoms with van der Waals surface area (Å²) < 4.78 is 10.7. The van der Waals surface area contributed by atoms with Crippen molar-refractivity contribution in [2.75, 3.05) is 44.1 Å². The Hall–Kier alpha value is -2.44. The molecule has 3 heterocycles. The summed E-state index contributed by atoms with van der Waals surface area (Å²) >= 11 is 6.54. The van der Waals surface area contributed by atoms with Crippen molar-refractivity contribution in [3.05, 3.63) is 35.5 Å². The van der Waals surface area contributed by atoms with Gasteiger partial charge in [-0.3, -0.25) is 0 Å². The van der Waals surface area contributed by atoms with Gasteiger partial charge in [-0.05, 0) is 63.6 Å². The monoisotopic (exact) mass is 512 g/mol. The number of anilines is 2. The first-order valence-corrected chi connectivity index (χ1v) is 13.3. The van der Waals surface area contributed by atoms with Gasteiger partial charge < -0.3 is 25.4 Å². The minimum Gasteiger partial charge on any atom is -0.383 e. The molecule has 1 atom stereocenters. The second kappa shape index (κ2) is 12.7. The van der Waals surface area contributed by atoms with Crippen molar-refractivity contribution in [3.63, 3.8) is 0 Å². The molecule has 0 amide bonds. The van der Waals surface area contributed by atoms with Crippen LogP contribution >= 0.6 is 11.6 Å². The van der Waals surface area contributed by atoms with Gasteiger partial charge in [0, 0.05) is 56.8 Å². The maximum Gasteiger partial charge on any atom is 0.126 e. The van der Waals surface area contributed by atoms with Crippen LogP contribution in [0, 0.1) is 16.7 Å². The van der Waals surface area contributed by atoms with Gasteiger partial charge in [-0.25, -0.2) is 9.97 Å². The van der Waals surface area contributed by atoms with Crippen molar-refractivity contribution >= 4 is 23.2 Å². The summed E-state index contributed by atoms with van der Waals surface area (Å²) in [7, 11) is 1.74. The molecule has 2 aromatic heterocycles. The summed E-state index contributed by atoms with van der Waals surface area (Å²) in [5, 5.41) is 20.9. The molecule has 1 aliphatic carbocycles. The van der Waals surface area contributed by atoms with E-state index in [9.17, 15) is 5.26 Å². The van der Waals surface area contributed by atoms with Gasteiger partial charge in [-0.2, -0.15) is 5.26 Å². The zero-order valence-electron chi connectivity index (χ0n) is 21.2. The van der Waals surface area contributed by atoms with E-state index in [-0.39, 0.29) is 0 Å². The van der Waals surface area contributed by atoms with E-state index in [0.29, 0.717) is 42.9 Å². The lowest BCUT2D eigenvalue weighted by molar-refractivity contribution is 0.0455. The Bertz CT molecular complexity index is 1030. The maximum atomic E-state index is 9.72. The van der Waals surface area contributed by atoms with E-state index in [1.54, 1.807) is 13.3 Å². The fourth-order valence-electron chi connectivity index (χ4n) is 5.06. The highest BCUT2D eigenvalue weighted by molar-refractivity contribution is 6.33. The predicted molar refractivity (Wildman–Crippen MR) is 143 cm³/mol. The van der Waals surface area contributed by atoms with Crippen LogP contribution in [0.1, 0.15) is 45.4 Å². The first-order chi connectivity index (χ1) is 17.5. The third-order valence-electron chi connectivity index (χ3n) is 7.19. The number of nitriles is 1. The number of nitrogens with zero attached hydrogens (tertiary/aromatic N) is 3. The fraction of sp³-hybridized carbons (Fsp3) is 0.593. The lowest BCUT2D eigenvalue weighted by Gasteiger charge is -2.32. The van der Waals surface area contributed by atoms with Crippen LogP contribution in [0.2, 0.25) is 5.02 Å². The van der Waals surface area contributed by atoms with Gasteiger partial charge in [0.1, 0.15) is 11.6 Å². The highest BCUT2D eigenvalue weighted by Crippen LogP contribution is 2.32. The van der Waals surface area contributed by atoms with Gasteiger partial charge in [0.15, 0.2) is 0 Å². The van der Waals surface area contributed by atoms with Crippen LogP contribution in [0.25, 0.3) is 11.3 Å². The van der Waals surface area contributed by atoms with Crippen molar-refractivity contribution in [2.45, 2.75) is 63.6 Å². The number of ether oxygens (including phenoxy) is 2. The molecule has 1 saturated heterocycles. The first-order valence-electron chi connectivity index (χ1n) is 12.9. The molecule has 0 bridgehead atoms. The normalized spacial score (nSPS) is 22.4. The largest absolute Gasteiger partial charge is 0.383 e. The van der Waals surface area contributed by atoms with Crippen molar-refractivity contribution in [3.8, 4) is 17.3 Å². The smallest absolute Gasteiger partial charge is 0.126 e. The number of halogens is 1. The summed E-state index contributed by atoms with van der Waals surface area (Å²) in [6.45, 7) is 4.68.